The lowest BCUT2D eigenvalue weighted by molar-refractivity contribution is -0.152. The Balaban J connectivity index is 2.70. The summed E-state index contributed by atoms with van der Waals surface area (Å²) in [6, 6.07) is 0. The second-order valence-electron chi connectivity index (χ2n) is 4.21. The van der Waals surface area contributed by atoms with Crippen LogP contribution in [-0.4, -0.2) is 38.1 Å². The Labute approximate surface area is 95.9 Å². The molecule has 5 heteroatoms. The van der Waals surface area contributed by atoms with E-state index in [-0.39, 0.29) is 18.4 Å². The van der Waals surface area contributed by atoms with Gasteiger partial charge in [-0.15, -0.1) is 0 Å². The van der Waals surface area contributed by atoms with E-state index in [0.29, 0.717) is 12.8 Å². The maximum absolute atomic E-state index is 11.8. The molecule has 92 valence electrons. The zero-order chi connectivity index (χ0) is 12.0. The summed E-state index contributed by atoms with van der Waals surface area (Å²) in [5.74, 6) is -0.480. The standard InChI is InChI=1S/C11H20N2O3/c1-12-8-9(14)13-11(10(15)16-2)6-4-3-5-7-11/h12H,3-8H2,1-2H3,(H,13,14). The van der Waals surface area contributed by atoms with E-state index in [9.17, 15) is 9.59 Å². The van der Waals surface area contributed by atoms with Crippen molar-refractivity contribution in [1.29, 1.82) is 0 Å². The molecule has 0 spiro atoms. The molecule has 0 radical (unpaired) electrons. The number of esters is 1. The van der Waals surface area contributed by atoms with Gasteiger partial charge in [-0.05, 0) is 19.9 Å². The molecule has 1 aliphatic rings. The molecule has 0 aromatic heterocycles. The van der Waals surface area contributed by atoms with Gasteiger partial charge in [0.2, 0.25) is 5.91 Å². The number of hydrogen-bond donors (Lipinski definition) is 2. The van der Waals surface area contributed by atoms with E-state index in [1.807, 2.05) is 0 Å². The van der Waals surface area contributed by atoms with Crippen molar-refractivity contribution >= 4 is 11.9 Å². The number of methoxy groups -OCH3 is 1. The minimum Gasteiger partial charge on any atom is -0.467 e. The van der Waals surface area contributed by atoms with Crippen LogP contribution in [0.25, 0.3) is 0 Å². The van der Waals surface area contributed by atoms with Gasteiger partial charge >= 0.3 is 5.97 Å². The second-order valence-corrected chi connectivity index (χ2v) is 4.21. The number of hydrogen-bond acceptors (Lipinski definition) is 4. The Hall–Kier alpha value is -1.10. The van der Waals surface area contributed by atoms with Gasteiger partial charge in [0.15, 0.2) is 0 Å². The molecule has 0 aromatic rings. The fraction of sp³-hybridized carbons (Fsp3) is 0.818. The number of carbonyl (C=O) groups is 2. The normalized spacial score (nSPS) is 18.9. The summed E-state index contributed by atoms with van der Waals surface area (Å²) in [5, 5.41) is 5.58. The van der Waals surface area contributed by atoms with Crippen molar-refractivity contribution in [3.05, 3.63) is 0 Å². The third-order valence-electron chi connectivity index (χ3n) is 3.00. The van der Waals surface area contributed by atoms with Crippen LogP contribution in [0, 0.1) is 0 Å². The van der Waals surface area contributed by atoms with Gasteiger partial charge < -0.3 is 15.4 Å². The van der Waals surface area contributed by atoms with Crippen molar-refractivity contribution in [3.8, 4) is 0 Å². The average molecular weight is 228 g/mol. The van der Waals surface area contributed by atoms with Crippen molar-refractivity contribution in [2.75, 3.05) is 20.7 Å². The Morgan fingerprint density at radius 3 is 2.38 bits per heavy atom. The van der Waals surface area contributed by atoms with E-state index in [4.69, 9.17) is 4.74 Å². The predicted octanol–water partition coefficient (Wildman–Crippen LogP) is 0.198. The first-order valence-electron chi connectivity index (χ1n) is 5.68. The fourth-order valence-electron chi connectivity index (χ4n) is 2.20. The SMILES string of the molecule is CNCC(=O)NC1(C(=O)OC)CCCCC1. The van der Waals surface area contributed by atoms with Crippen LogP contribution in [0.4, 0.5) is 0 Å². The molecule has 2 N–H and O–H groups in total. The smallest absolute Gasteiger partial charge is 0.331 e. The van der Waals surface area contributed by atoms with Gasteiger partial charge in [-0.3, -0.25) is 4.79 Å². The molecule has 1 fully saturated rings. The second kappa shape index (κ2) is 5.84. The molecule has 16 heavy (non-hydrogen) atoms. The van der Waals surface area contributed by atoms with E-state index in [2.05, 4.69) is 10.6 Å². The highest BCUT2D eigenvalue weighted by atomic mass is 16.5. The Morgan fingerprint density at radius 1 is 1.25 bits per heavy atom. The molecule has 0 saturated heterocycles. The van der Waals surface area contributed by atoms with Gasteiger partial charge in [-0.2, -0.15) is 0 Å². The summed E-state index contributed by atoms with van der Waals surface area (Å²) in [6.07, 6.45) is 4.37. The zero-order valence-electron chi connectivity index (χ0n) is 9.97. The first kappa shape index (κ1) is 13.0. The molecule has 1 rings (SSSR count). The maximum atomic E-state index is 11.8. The van der Waals surface area contributed by atoms with Crippen molar-refractivity contribution in [2.45, 2.75) is 37.6 Å². The molecule has 0 unspecified atom stereocenters. The lowest BCUT2D eigenvalue weighted by Crippen LogP contribution is -2.57. The third-order valence-corrected chi connectivity index (χ3v) is 3.00. The monoisotopic (exact) mass is 228 g/mol. The molecule has 0 bridgehead atoms. The Bertz CT molecular complexity index is 260. The number of ether oxygens (including phenoxy) is 1. The first-order chi connectivity index (χ1) is 7.64. The summed E-state index contributed by atoms with van der Waals surface area (Å²) in [7, 11) is 3.06. The van der Waals surface area contributed by atoms with Crippen LogP contribution < -0.4 is 10.6 Å². The van der Waals surface area contributed by atoms with Crippen LogP contribution >= 0.6 is 0 Å². The molecular weight excluding hydrogens is 208 g/mol. The highest BCUT2D eigenvalue weighted by Gasteiger charge is 2.41. The van der Waals surface area contributed by atoms with Crippen molar-refractivity contribution in [2.24, 2.45) is 0 Å². The van der Waals surface area contributed by atoms with Gasteiger partial charge in [-0.25, -0.2) is 4.79 Å². The fourth-order valence-corrected chi connectivity index (χ4v) is 2.20. The Kier molecular flexibility index (Phi) is 4.73. The summed E-state index contributed by atoms with van der Waals surface area (Å²) in [4.78, 5) is 23.3. The molecule has 1 saturated carbocycles. The van der Waals surface area contributed by atoms with Crippen molar-refractivity contribution in [1.82, 2.24) is 10.6 Å². The number of rotatable bonds is 4. The lowest BCUT2D eigenvalue weighted by Gasteiger charge is -2.35. The van der Waals surface area contributed by atoms with Gasteiger partial charge in [-0.1, -0.05) is 19.3 Å². The highest BCUT2D eigenvalue weighted by molar-refractivity contribution is 5.88. The molecule has 1 aliphatic carbocycles. The van der Waals surface area contributed by atoms with Crippen LogP contribution in [0.1, 0.15) is 32.1 Å². The third kappa shape index (κ3) is 2.95. The van der Waals surface area contributed by atoms with Crippen molar-refractivity contribution < 1.29 is 14.3 Å². The molecule has 0 aliphatic heterocycles. The van der Waals surface area contributed by atoms with E-state index in [0.717, 1.165) is 19.3 Å². The van der Waals surface area contributed by atoms with Gasteiger partial charge in [0, 0.05) is 0 Å². The molecule has 0 atom stereocenters. The summed E-state index contributed by atoms with van der Waals surface area (Å²) >= 11 is 0. The van der Waals surface area contributed by atoms with Crippen LogP contribution in [0.3, 0.4) is 0 Å². The predicted molar refractivity (Wildman–Crippen MR) is 59.9 cm³/mol. The van der Waals surface area contributed by atoms with Crippen LogP contribution in [0.2, 0.25) is 0 Å². The lowest BCUT2D eigenvalue weighted by atomic mass is 9.81. The zero-order valence-corrected chi connectivity index (χ0v) is 9.97. The van der Waals surface area contributed by atoms with Crippen LogP contribution in [0.15, 0.2) is 0 Å². The minimum absolute atomic E-state index is 0.158. The molecule has 1 amide bonds. The Morgan fingerprint density at radius 2 is 1.88 bits per heavy atom. The van der Waals surface area contributed by atoms with E-state index < -0.39 is 5.54 Å². The van der Waals surface area contributed by atoms with Crippen molar-refractivity contribution in [3.63, 3.8) is 0 Å². The number of likely N-dealkylation sites (N-methyl/N-ethyl adjacent to an activating group) is 1. The number of amides is 1. The quantitative estimate of drug-likeness (QED) is 0.674. The summed E-state index contributed by atoms with van der Waals surface area (Å²) in [5.41, 5.74) is -0.791. The van der Waals surface area contributed by atoms with E-state index in [1.165, 1.54) is 7.11 Å². The largest absolute Gasteiger partial charge is 0.467 e. The molecular formula is C11H20N2O3. The summed E-state index contributed by atoms with van der Waals surface area (Å²) < 4.78 is 4.80. The average Bonchev–Trinajstić information content (AvgIpc) is 2.29. The van der Waals surface area contributed by atoms with E-state index in [1.54, 1.807) is 7.05 Å². The van der Waals surface area contributed by atoms with Gasteiger partial charge in [0.25, 0.3) is 0 Å². The number of carbonyl (C=O) groups excluding carboxylic acids is 2. The summed E-state index contributed by atoms with van der Waals surface area (Å²) in [6.45, 7) is 0.221. The van der Waals surface area contributed by atoms with Crippen LogP contribution in [0.5, 0.6) is 0 Å². The highest BCUT2D eigenvalue weighted by Crippen LogP contribution is 2.29. The molecule has 0 aromatic carbocycles. The maximum Gasteiger partial charge on any atom is 0.331 e. The van der Waals surface area contributed by atoms with Crippen LogP contribution in [-0.2, 0) is 14.3 Å². The first-order valence-corrected chi connectivity index (χ1v) is 5.68. The number of nitrogens with one attached hydrogen (secondary N) is 2. The van der Waals surface area contributed by atoms with E-state index >= 15 is 0 Å². The molecule has 5 nitrogen and oxygen atoms in total. The van der Waals surface area contributed by atoms with Gasteiger partial charge in [0.1, 0.15) is 5.54 Å². The van der Waals surface area contributed by atoms with Gasteiger partial charge in [0.05, 0.1) is 13.7 Å². The topological polar surface area (TPSA) is 67.4 Å². The minimum atomic E-state index is -0.791. The molecule has 0 heterocycles.